The van der Waals surface area contributed by atoms with Gasteiger partial charge in [-0.1, -0.05) is 6.92 Å². The summed E-state index contributed by atoms with van der Waals surface area (Å²) in [4.78, 5) is 0. The Bertz CT molecular complexity index is 523. The molecule has 5 heteroatoms. The van der Waals surface area contributed by atoms with E-state index >= 15 is 0 Å². The smallest absolute Gasteiger partial charge is 0.0825 e. The van der Waals surface area contributed by atoms with Gasteiger partial charge in [0.1, 0.15) is 0 Å². The predicted octanol–water partition coefficient (Wildman–Crippen LogP) is 2.12. The summed E-state index contributed by atoms with van der Waals surface area (Å²) in [7, 11) is 1.93. The lowest BCUT2D eigenvalue weighted by Crippen LogP contribution is -2.08. The molecule has 0 amide bonds. The zero-order valence-electron chi connectivity index (χ0n) is 11.6. The van der Waals surface area contributed by atoms with E-state index in [0.717, 1.165) is 36.6 Å². The van der Waals surface area contributed by atoms with Crippen molar-refractivity contribution in [3.05, 3.63) is 29.3 Å². The second-order valence-electron chi connectivity index (χ2n) is 4.45. The van der Waals surface area contributed by atoms with Crippen molar-refractivity contribution in [3.8, 4) is 0 Å². The van der Waals surface area contributed by atoms with Gasteiger partial charge in [-0.25, -0.2) is 0 Å². The van der Waals surface area contributed by atoms with Crippen LogP contribution < -0.4 is 5.32 Å². The van der Waals surface area contributed by atoms with Gasteiger partial charge >= 0.3 is 0 Å². The van der Waals surface area contributed by atoms with Crippen molar-refractivity contribution in [2.24, 2.45) is 7.05 Å². The molecule has 18 heavy (non-hydrogen) atoms. The van der Waals surface area contributed by atoms with Crippen molar-refractivity contribution in [1.29, 1.82) is 0 Å². The molecule has 0 aliphatic carbocycles. The second kappa shape index (κ2) is 5.25. The van der Waals surface area contributed by atoms with Crippen molar-refractivity contribution < 1.29 is 0 Å². The summed E-state index contributed by atoms with van der Waals surface area (Å²) in [5, 5.41) is 12.3. The fraction of sp³-hybridized carbons (Fsp3) is 0.538. The first-order chi connectivity index (χ1) is 8.63. The Morgan fingerprint density at radius 2 is 2.06 bits per heavy atom. The molecule has 1 N–H and O–H groups in total. The van der Waals surface area contributed by atoms with Crippen LogP contribution in [0.3, 0.4) is 0 Å². The fourth-order valence-electron chi connectivity index (χ4n) is 2.06. The zero-order chi connectivity index (χ0) is 13.1. The van der Waals surface area contributed by atoms with Crippen LogP contribution in [-0.4, -0.2) is 19.6 Å². The van der Waals surface area contributed by atoms with Gasteiger partial charge in [-0.05, 0) is 26.3 Å². The number of hydrogen-bond acceptors (Lipinski definition) is 3. The molecule has 0 spiro atoms. The summed E-state index contributed by atoms with van der Waals surface area (Å²) < 4.78 is 3.88. The van der Waals surface area contributed by atoms with Gasteiger partial charge in [-0.2, -0.15) is 10.2 Å². The van der Waals surface area contributed by atoms with E-state index in [1.54, 1.807) is 0 Å². The van der Waals surface area contributed by atoms with Crippen molar-refractivity contribution in [2.45, 2.75) is 40.3 Å². The van der Waals surface area contributed by atoms with E-state index in [-0.39, 0.29) is 0 Å². The number of aromatic nitrogens is 4. The maximum Gasteiger partial charge on any atom is 0.0825 e. The molecule has 98 valence electrons. The van der Waals surface area contributed by atoms with E-state index in [9.17, 15) is 0 Å². The van der Waals surface area contributed by atoms with Crippen LogP contribution >= 0.6 is 0 Å². The molecule has 0 unspecified atom stereocenters. The predicted molar refractivity (Wildman–Crippen MR) is 72.6 cm³/mol. The lowest BCUT2D eigenvalue weighted by atomic mass is 10.3. The van der Waals surface area contributed by atoms with Crippen LogP contribution in [0, 0.1) is 6.92 Å². The molecule has 0 fully saturated rings. The van der Waals surface area contributed by atoms with Crippen LogP contribution in [0.15, 0.2) is 12.3 Å². The molecule has 0 saturated heterocycles. The molecule has 0 aliphatic rings. The summed E-state index contributed by atoms with van der Waals surface area (Å²) in [6.45, 7) is 7.95. The van der Waals surface area contributed by atoms with Gasteiger partial charge < -0.3 is 5.32 Å². The van der Waals surface area contributed by atoms with Crippen LogP contribution in [0.1, 0.15) is 30.9 Å². The third kappa shape index (κ3) is 2.55. The van der Waals surface area contributed by atoms with Gasteiger partial charge in [0, 0.05) is 19.8 Å². The second-order valence-corrected chi connectivity index (χ2v) is 4.45. The normalized spacial score (nSPS) is 10.9. The molecule has 0 saturated carbocycles. The lowest BCUT2D eigenvalue weighted by Gasteiger charge is -2.06. The van der Waals surface area contributed by atoms with E-state index in [4.69, 9.17) is 0 Å². The Balaban J connectivity index is 2.10. The number of hydrogen-bond donors (Lipinski definition) is 1. The molecule has 0 radical (unpaired) electrons. The number of nitrogens with one attached hydrogen (secondary N) is 1. The SMILES string of the molecule is CCc1cc(CNc2cn(C)nc2C)n(CC)n1. The van der Waals surface area contributed by atoms with Crippen LogP contribution in [0.2, 0.25) is 0 Å². The Morgan fingerprint density at radius 3 is 2.61 bits per heavy atom. The van der Waals surface area contributed by atoms with Gasteiger partial charge in [0.05, 0.1) is 29.3 Å². The number of anilines is 1. The third-order valence-electron chi connectivity index (χ3n) is 3.05. The molecule has 2 rings (SSSR count). The average molecular weight is 247 g/mol. The third-order valence-corrected chi connectivity index (χ3v) is 3.05. The van der Waals surface area contributed by atoms with E-state index < -0.39 is 0 Å². The van der Waals surface area contributed by atoms with E-state index in [2.05, 4.69) is 40.1 Å². The molecule has 0 aliphatic heterocycles. The Hall–Kier alpha value is -1.78. The van der Waals surface area contributed by atoms with E-state index in [1.807, 2.05) is 24.9 Å². The average Bonchev–Trinajstić information content (AvgIpc) is 2.89. The first-order valence-corrected chi connectivity index (χ1v) is 6.43. The van der Waals surface area contributed by atoms with Crippen molar-refractivity contribution in [1.82, 2.24) is 19.6 Å². The van der Waals surface area contributed by atoms with E-state index in [1.165, 1.54) is 5.69 Å². The minimum atomic E-state index is 0.785. The highest BCUT2D eigenvalue weighted by Gasteiger charge is 2.07. The molecule has 5 nitrogen and oxygen atoms in total. The van der Waals surface area contributed by atoms with Crippen LogP contribution in [0.25, 0.3) is 0 Å². The van der Waals surface area contributed by atoms with Crippen LogP contribution in [0.5, 0.6) is 0 Å². The summed E-state index contributed by atoms with van der Waals surface area (Å²) in [6.07, 6.45) is 2.98. The molecular formula is C13H21N5. The topological polar surface area (TPSA) is 47.7 Å². The maximum atomic E-state index is 4.54. The Kier molecular flexibility index (Phi) is 3.69. The quantitative estimate of drug-likeness (QED) is 0.880. The highest BCUT2D eigenvalue weighted by Crippen LogP contribution is 2.14. The van der Waals surface area contributed by atoms with Crippen molar-refractivity contribution in [3.63, 3.8) is 0 Å². The molecular weight excluding hydrogens is 226 g/mol. The molecule has 2 aromatic heterocycles. The molecule has 0 bridgehead atoms. The minimum absolute atomic E-state index is 0.785. The molecule has 0 aromatic carbocycles. The van der Waals surface area contributed by atoms with Crippen molar-refractivity contribution in [2.75, 3.05) is 5.32 Å². The Labute approximate surface area is 108 Å². The van der Waals surface area contributed by atoms with Crippen LogP contribution in [0.4, 0.5) is 5.69 Å². The molecule has 2 heterocycles. The first-order valence-electron chi connectivity index (χ1n) is 6.43. The first kappa shape index (κ1) is 12.7. The minimum Gasteiger partial charge on any atom is -0.377 e. The zero-order valence-corrected chi connectivity index (χ0v) is 11.6. The van der Waals surface area contributed by atoms with Gasteiger partial charge in [-0.15, -0.1) is 0 Å². The highest BCUT2D eigenvalue weighted by atomic mass is 15.3. The Morgan fingerprint density at radius 1 is 1.28 bits per heavy atom. The largest absolute Gasteiger partial charge is 0.377 e. The van der Waals surface area contributed by atoms with Gasteiger partial charge in [-0.3, -0.25) is 9.36 Å². The van der Waals surface area contributed by atoms with E-state index in [0.29, 0.717) is 0 Å². The molecule has 0 atom stereocenters. The van der Waals surface area contributed by atoms with Gasteiger partial charge in [0.25, 0.3) is 0 Å². The van der Waals surface area contributed by atoms with Crippen molar-refractivity contribution >= 4 is 5.69 Å². The van der Waals surface area contributed by atoms with Gasteiger partial charge in [0.2, 0.25) is 0 Å². The van der Waals surface area contributed by atoms with Gasteiger partial charge in [0.15, 0.2) is 0 Å². The monoisotopic (exact) mass is 247 g/mol. The molecule has 2 aromatic rings. The summed E-state index contributed by atoms with van der Waals surface area (Å²) in [6, 6.07) is 2.17. The maximum absolute atomic E-state index is 4.54. The highest BCUT2D eigenvalue weighted by molar-refractivity contribution is 5.45. The van der Waals surface area contributed by atoms with Crippen LogP contribution in [-0.2, 0) is 26.6 Å². The number of nitrogens with zero attached hydrogens (tertiary/aromatic N) is 4. The number of rotatable bonds is 5. The summed E-state index contributed by atoms with van der Waals surface area (Å²) in [5.74, 6) is 0. The number of aryl methyl sites for hydroxylation is 4. The standard InChI is InChI=1S/C13H21N5/c1-5-11-7-12(18(6-2)16-11)8-14-13-9-17(4)15-10(13)3/h7,9,14H,5-6,8H2,1-4H3. The summed E-state index contributed by atoms with van der Waals surface area (Å²) >= 11 is 0. The lowest BCUT2D eigenvalue weighted by molar-refractivity contribution is 0.619. The fourth-order valence-corrected chi connectivity index (χ4v) is 2.06. The summed E-state index contributed by atoms with van der Waals surface area (Å²) in [5.41, 5.74) is 4.48.